The highest BCUT2D eigenvalue weighted by Crippen LogP contribution is 2.44. The molecule has 1 aliphatic rings. The third-order valence-electron chi connectivity index (χ3n) is 3.75. The molecule has 0 aliphatic heterocycles. The molecule has 2 atom stereocenters. The van der Waals surface area contributed by atoms with Gasteiger partial charge in [-0.2, -0.15) is 0 Å². The fourth-order valence-electron chi connectivity index (χ4n) is 2.44. The monoisotopic (exact) mass is 295 g/mol. The van der Waals surface area contributed by atoms with E-state index in [0.717, 1.165) is 24.1 Å². The van der Waals surface area contributed by atoms with Gasteiger partial charge in [-0.05, 0) is 42.4 Å². The molecule has 110 valence electrons. The summed E-state index contributed by atoms with van der Waals surface area (Å²) in [6.07, 6.45) is 1.27. The van der Waals surface area contributed by atoms with Gasteiger partial charge in [0.25, 0.3) is 0 Å². The third kappa shape index (κ3) is 3.79. The van der Waals surface area contributed by atoms with E-state index in [-0.39, 0.29) is 0 Å². The molecule has 1 saturated carbocycles. The lowest BCUT2D eigenvalue weighted by atomic mass is 10.1. The first kappa shape index (κ1) is 15.0. The van der Waals surface area contributed by atoms with Crippen LogP contribution in [0.25, 0.3) is 0 Å². The van der Waals surface area contributed by atoms with E-state index in [1.54, 1.807) is 19.2 Å². The predicted molar refractivity (Wildman–Crippen MR) is 84.6 cm³/mol. The van der Waals surface area contributed by atoms with Crippen molar-refractivity contribution in [2.75, 3.05) is 19.0 Å². The minimum Gasteiger partial charge on any atom is -0.495 e. The fraction of sp³-hybridized carbons (Fsp3) is 0.533. The summed E-state index contributed by atoms with van der Waals surface area (Å²) in [4.78, 5) is 4.40. The van der Waals surface area contributed by atoms with E-state index >= 15 is 0 Å². The molecule has 0 saturated heterocycles. The molecule has 0 amide bonds. The summed E-state index contributed by atoms with van der Waals surface area (Å²) >= 11 is 6.06. The van der Waals surface area contributed by atoms with Crippen LogP contribution in [0, 0.1) is 17.8 Å². The number of guanidine groups is 1. The minimum atomic E-state index is 0.431. The molecule has 0 spiro atoms. The van der Waals surface area contributed by atoms with Gasteiger partial charge in [-0.15, -0.1) is 0 Å². The van der Waals surface area contributed by atoms with Crippen LogP contribution in [-0.4, -0.2) is 19.6 Å². The highest BCUT2D eigenvalue weighted by molar-refractivity contribution is 6.32. The Bertz CT molecular complexity index is 502. The number of rotatable bonds is 5. The number of aliphatic imine (C=N–C) groups is 1. The lowest BCUT2D eigenvalue weighted by molar-refractivity contribution is 0.415. The van der Waals surface area contributed by atoms with Crippen molar-refractivity contribution in [2.45, 2.75) is 20.3 Å². The van der Waals surface area contributed by atoms with Crippen LogP contribution >= 0.6 is 11.6 Å². The molecule has 2 rings (SSSR count). The molecule has 4 nitrogen and oxygen atoms in total. The number of halogens is 1. The Morgan fingerprint density at radius 3 is 2.85 bits per heavy atom. The van der Waals surface area contributed by atoms with E-state index in [0.29, 0.717) is 22.6 Å². The maximum absolute atomic E-state index is 6.06. The molecule has 1 aromatic rings. The van der Waals surface area contributed by atoms with Gasteiger partial charge in [0.2, 0.25) is 0 Å². The number of hydrogen-bond donors (Lipinski definition) is 2. The van der Waals surface area contributed by atoms with Crippen LogP contribution in [0.5, 0.6) is 5.75 Å². The molecule has 1 aromatic carbocycles. The molecule has 0 radical (unpaired) electrons. The second kappa shape index (κ2) is 6.35. The summed E-state index contributed by atoms with van der Waals surface area (Å²) in [7, 11) is 1.59. The van der Waals surface area contributed by atoms with E-state index in [4.69, 9.17) is 22.1 Å². The topological polar surface area (TPSA) is 59.6 Å². The average molecular weight is 296 g/mol. The Morgan fingerprint density at radius 1 is 1.55 bits per heavy atom. The van der Waals surface area contributed by atoms with Crippen molar-refractivity contribution in [3.63, 3.8) is 0 Å². The van der Waals surface area contributed by atoms with Crippen LogP contribution in [0.2, 0.25) is 5.02 Å². The Hall–Kier alpha value is -1.42. The van der Waals surface area contributed by atoms with Crippen LogP contribution < -0.4 is 15.8 Å². The zero-order valence-electron chi connectivity index (χ0n) is 12.2. The van der Waals surface area contributed by atoms with Gasteiger partial charge < -0.3 is 15.8 Å². The molecular formula is C15H22ClN3O. The number of anilines is 1. The van der Waals surface area contributed by atoms with Gasteiger partial charge in [-0.1, -0.05) is 25.4 Å². The average Bonchev–Trinajstić information content (AvgIpc) is 3.16. The van der Waals surface area contributed by atoms with Crippen molar-refractivity contribution in [1.29, 1.82) is 0 Å². The Balaban J connectivity index is 1.88. The number of nitrogens with two attached hydrogens (primary N) is 1. The van der Waals surface area contributed by atoms with Gasteiger partial charge in [0.05, 0.1) is 12.1 Å². The second-order valence-electron chi connectivity index (χ2n) is 5.60. The molecule has 3 N–H and O–H groups in total. The van der Waals surface area contributed by atoms with Crippen LogP contribution in [0.4, 0.5) is 5.69 Å². The number of ether oxygens (including phenoxy) is 1. The van der Waals surface area contributed by atoms with Crippen molar-refractivity contribution in [1.82, 2.24) is 0 Å². The first-order valence-corrected chi connectivity index (χ1v) is 7.29. The standard InChI is InChI=1S/C15H22ClN3O/c1-9(2)12-6-10(12)8-18-15(17)19-11-4-5-14(20-3)13(16)7-11/h4-5,7,9-10,12H,6,8H2,1-3H3,(H3,17,18,19)/t10-,12-/m0/s1. The number of nitrogens with zero attached hydrogens (tertiary/aromatic N) is 1. The Kier molecular flexibility index (Phi) is 4.76. The molecule has 0 aromatic heterocycles. The summed E-state index contributed by atoms with van der Waals surface area (Å²) < 4.78 is 5.11. The molecule has 0 bridgehead atoms. The number of methoxy groups -OCH3 is 1. The van der Waals surface area contributed by atoms with Gasteiger partial charge in [-0.25, -0.2) is 0 Å². The van der Waals surface area contributed by atoms with Gasteiger partial charge in [0.15, 0.2) is 5.96 Å². The number of nitrogens with one attached hydrogen (secondary N) is 1. The normalized spacial score (nSPS) is 21.9. The van der Waals surface area contributed by atoms with E-state index in [2.05, 4.69) is 24.2 Å². The summed E-state index contributed by atoms with van der Waals surface area (Å²) in [5, 5.41) is 3.60. The molecule has 1 aliphatic carbocycles. The highest BCUT2D eigenvalue weighted by atomic mass is 35.5. The Labute approximate surface area is 125 Å². The van der Waals surface area contributed by atoms with Gasteiger partial charge in [0.1, 0.15) is 5.75 Å². The van der Waals surface area contributed by atoms with Crippen molar-refractivity contribution < 1.29 is 4.74 Å². The molecule has 0 unspecified atom stereocenters. The molecule has 0 heterocycles. The second-order valence-corrected chi connectivity index (χ2v) is 6.01. The van der Waals surface area contributed by atoms with Crippen LogP contribution in [-0.2, 0) is 0 Å². The maximum Gasteiger partial charge on any atom is 0.193 e. The zero-order chi connectivity index (χ0) is 14.7. The van der Waals surface area contributed by atoms with Crippen molar-refractivity contribution >= 4 is 23.2 Å². The molecule has 5 heteroatoms. The first-order chi connectivity index (χ1) is 9.51. The van der Waals surface area contributed by atoms with Gasteiger partial charge in [0, 0.05) is 12.2 Å². The van der Waals surface area contributed by atoms with E-state index in [1.807, 2.05) is 6.07 Å². The number of hydrogen-bond acceptors (Lipinski definition) is 2. The van der Waals surface area contributed by atoms with E-state index in [1.165, 1.54) is 6.42 Å². The minimum absolute atomic E-state index is 0.431. The van der Waals surface area contributed by atoms with Crippen molar-refractivity contribution in [2.24, 2.45) is 28.5 Å². The lowest BCUT2D eigenvalue weighted by Gasteiger charge is -2.08. The fourth-order valence-corrected chi connectivity index (χ4v) is 2.70. The van der Waals surface area contributed by atoms with Gasteiger partial charge >= 0.3 is 0 Å². The Morgan fingerprint density at radius 2 is 2.30 bits per heavy atom. The summed E-state index contributed by atoms with van der Waals surface area (Å²) in [5.41, 5.74) is 6.70. The SMILES string of the molecule is COc1ccc(NC(N)=NC[C@@H]2C[C@H]2C(C)C)cc1Cl. The maximum atomic E-state index is 6.06. The van der Waals surface area contributed by atoms with Crippen LogP contribution in [0.15, 0.2) is 23.2 Å². The molecule has 20 heavy (non-hydrogen) atoms. The van der Waals surface area contributed by atoms with Crippen LogP contribution in [0.3, 0.4) is 0 Å². The number of benzene rings is 1. The van der Waals surface area contributed by atoms with E-state index in [9.17, 15) is 0 Å². The molecule has 1 fully saturated rings. The summed E-state index contributed by atoms with van der Waals surface area (Å²) in [6, 6.07) is 5.44. The lowest BCUT2D eigenvalue weighted by Crippen LogP contribution is -2.23. The smallest absolute Gasteiger partial charge is 0.193 e. The summed E-state index contributed by atoms with van der Waals surface area (Å²) in [6.45, 7) is 5.32. The van der Waals surface area contributed by atoms with Gasteiger partial charge in [-0.3, -0.25) is 4.99 Å². The van der Waals surface area contributed by atoms with Crippen LogP contribution in [0.1, 0.15) is 20.3 Å². The van der Waals surface area contributed by atoms with E-state index < -0.39 is 0 Å². The first-order valence-electron chi connectivity index (χ1n) is 6.91. The predicted octanol–water partition coefficient (Wildman–Crippen LogP) is 3.37. The largest absolute Gasteiger partial charge is 0.495 e. The highest BCUT2D eigenvalue weighted by Gasteiger charge is 2.38. The summed E-state index contributed by atoms with van der Waals surface area (Å²) in [5.74, 6) is 3.31. The van der Waals surface area contributed by atoms with Crippen molar-refractivity contribution in [3.8, 4) is 5.75 Å². The third-order valence-corrected chi connectivity index (χ3v) is 4.05. The zero-order valence-corrected chi connectivity index (χ0v) is 12.9. The quantitative estimate of drug-likeness (QED) is 0.647. The van der Waals surface area contributed by atoms with Crippen molar-refractivity contribution in [3.05, 3.63) is 23.2 Å². The molecular weight excluding hydrogens is 274 g/mol.